The molecule has 0 atom stereocenters. The topological polar surface area (TPSA) is 43.1 Å². The number of fused-ring (bicyclic) bond motifs is 1. The number of thiophene rings is 1. The Morgan fingerprint density at radius 1 is 1.25 bits per heavy atom. The second-order valence-corrected chi connectivity index (χ2v) is 3.19. The summed E-state index contributed by atoms with van der Waals surface area (Å²) in [6.45, 7) is 0. The van der Waals surface area contributed by atoms with Crippen molar-refractivity contribution in [3.63, 3.8) is 0 Å². The molecule has 0 saturated carbocycles. The first-order valence-electron chi connectivity index (χ1n) is 3.38. The summed E-state index contributed by atoms with van der Waals surface area (Å²) in [5.41, 5.74) is 0.154. The van der Waals surface area contributed by atoms with E-state index in [1.165, 1.54) is 6.07 Å². The summed E-state index contributed by atoms with van der Waals surface area (Å²) in [4.78, 5) is 10.00. The molecule has 0 spiro atoms. The van der Waals surface area contributed by atoms with E-state index in [4.69, 9.17) is 0 Å². The van der Waals surface area contributed by atoms with Crippen LogP contribution >= 0.6 is 11.3 Å². The van der Waals surface area contributed by atoms with Gasteiger partial charge >= 0.3 is 0 Å². The Labute approximate surface area is 72.4 Å². The minimum atomic E-state index is -0.378. The lowest BCUT2D eigenvalue weighted by Crippen LogP contribution is -1.85. The quantitative estimate of drug-likeness (QED) is 0.499. The molecule has 0 N–H and O–H groups in total. The normalized spacial score (nSPS) is 10.3. The maximum Gasteiger partial charge on any atom is 0.270 e. The largest absolute Gasteiger partial charge is 0.270 e. The molecule has 0 aliphatic heterocycles. The van der Waals surface area contributed by atoms with Gasteiger partial charge in [-0.2, -0.15) is 11.3 Å². The average molecular weight is 179 g/mol. The van der Waals surface area contributed by atoms with Gasteiger partial charge in [0.25, 0.3) is 5.69 Å². The van der Waals surface area contributed by atoms with Gasteiger partial charge in [0, 0.05) is 12.1 Å². The number of nitrogens with zero attached hydrogens (tertiary/aromatic N) is 1. The Bertz CT molecular complexity index is 435. The van der Waals surface area contributed by atoms with Crippen molar-refractivity contribution in [2.45, 2.75) is 0 Å². The van der Waals surface area contributed by atoms with Gasteiger partial charge in [-0.15, -0.1) is 0 Å². The minimum absolute atomic E-state index is 0.154. The van der Waals surface area contributed by atoms with E-state index < -0.39 is 0 Å². The smallest absolute Gasteiger partial charge is 0.258 e. The standard InChI is InChI=1S/C8H5NO2S/c10-9(11)8-2-1-6-4-12-5-7(6)3-8/h1-5H. The molecule has 0 aliphatic rings. The number of non-ortho nitro benzene ring substituents is 1. The molecule has 60 valence electrons. The summed E-state index contributed by atoms with van der Waals surface area (Å²) < 4.78 is 0. The summed E-state index contributed by atoms with van der Waals surface area (Å²) in [7, 11) is 0. The van der Waals surface area contributed by atoms with E-state index in [1.54, 1.807) is 23.5 Å². The van der Waals surface area contributed by atoms with Crippen molar-refractivity contribution < 1.29 is 4.92 Å². The van der Waals surface area contributed by atoms with Gasteiger partial charge in [0.05, 0.1) is 4.92 Å². The lowest BCUT2D eigenvalue weighted by molar-refractivity contribution is -0.384. The van der Waals surface area contributed by atoms with Crippen LogP contribution < -0.4 is 0 Å². The monoisotopic (exact) mass is 179 g/mol. The fourth-order valence-electron chi connectivity index (χ4n) is 1.07. The highest BCUT2D eigenvalue weighted by atomic mass is 32.1. The van der Waals surface area contributed by atoms with Gasteiger partial charge in [-0.25, -0.2) is 0 Å². The predicted octanol–water partition coefficient (Wildman–Crippen LogP) is 2.81. The van der Waals surface area contributed by atoms with Crippen LogP contribution in [0.5, 0.6) is 0 Å². The third-order valence-corrected chi connectivity index (χ3v) is 2.45. The van der Waals surface area contributed by atoms with Gasteiger partial charge in [0.1, 0.15) is 0 Å². The van der Waals surface area contributed by atoms with Crippen molar-refractivity contribution in [1.82, 2.24) is 0 Å². The molecule has 1 aromatic heterocycles. The summed E-state index contributed by atoms with van der Waals surface area (Å²) in [5, 5.41) is 16.3. The third kappa shape index (κ3) is 1.06. The zero-order chi connectivity index (χ0) is 8.55. The molecular weight excluding hydrogens is 174 g/mol. The first-order chi connectivity index (χ1) is 5.77. The molecule has 0 aliphatic carbocycles. The van der Waals surface area contributed by atoms with Crippen molar-refractivity contribution in [1.29, 1.82) is 0 Å². The lowest BCUT2D eigenvalue weighted by atomic mass is 10.2. The molecule has 0 bridgehead atoms. The zero-order valence-electron chi connectivity index (χ0n) is 6.06. The van der Waals surface area contributed by atoms with E-state index in [0.717, 1.165) is 10.8 Å². The Morgan fingerprint density at radius 3 is 2.75 bits per heavy atom. The molecule has 3 nitrogen and oxygen atoms in total. The van der Waals surface area contributed by atoms with E-state index in [2.05, 4.69) is 0 Å². The second-order valence-electron chi connectivity index (χ2n) is 2.44. The molecule has 2 rings (SSSR count). The predicted molar refractivity (Wildman–Crippen MR) is 48.5 cm³/mol. The third-order valence-electron chi connectivity index (χ3n) is 1.67. The molecular formula is C8H5NO2S. The van der Waals surface area contributed by atoms with Gasteiger partial charge in [0.15, 0.2) is 0 Å². The van der Waals surface area contributed by atoms with E-state index in [1.807, 2.05) is 10.8 Å². The molecule has 0 amide bonds. The Kier molecular flexibility index (Phi) is 1.55. The number of benzene rings is 1. The average Bonchev–Trinajstić information content (AvgIpc) is 2.49. The Hall–Kier alpha value is -1.42. The van der Waals surface area contributed by atoms with Crippen molar-refractivity contribution in [2.24, 2.45) is 0 Å². The lowest BCUT2D eigenvalue weighted by Gasteiger charge is -1.90. The highest BCUT2D eigenvalue weighted by molar-refractivity contribution is 7.09. The summed E-state index contributed by atoms with van der Waals surface area (Å²) in [6, 6.07) is 4.88. The van der Waals surface area contributed by atoms with E-state index in [-0.39, 0.29) is 10.6 Å². The van der Waals surface area contributed by atoms with Gasteiger partial charge in [-0.3, -0.25) is 10.1 Å². The second kappa shape index (κ2) is 2.57. The van der Waals surface area contributed by atoms with Crippen LogP contribution in [-0.2, 0) is 0 Å². The first-order valence-corrected chi connectivity index (χ1v) is 4.32. The Balaban J connectivity index is 2.68. The minimum Gasteiger partial charge on any atom is -0.258 e. The molecule has 0 fully saturated rings. The first kappa shape index (κ1) is 7.24. The van der Waals surface area contributed by atoms with E-state index >= 15 is 0 Å². The molecule has 12 heavy (non-hydrogen) atoms. The van der Waals surface area contributed by atoms with Crippen molar-refractivity contribution >= 4 is 27.8 Å². The number of hydrogen-bond donors (Lipinski definition) is 0. The SMILES string of the molecule is O=[N+]([O-])c1ccc2cscc2c1. The number of nitro groups is 1. The number of hydrogen-bond acceptors (Lipinski definition) is 3. The van der Waals surface area contributed by atoms with Crippen LogP contribution in [0.2, 0.25) is 0 Å². The molecule has 1 aromatic carbocycles. The molecule has 0 unspecified atom stereocenters. The van der Waals surface area contributed by atoms with Gasteiger partial charge in [0.2, 0.25) is 0 Å². The highest BCUT2D eigenvalue weighted by Crippen LogP contribution is 2.23. The summed E-state index contributed by atoms with van der Waals surface area (Å²) in [6.07, 6.45) is 0. The van der Waals surface area contributed by atoms with Gasteiger partial charge in [-0.1, -0.05) is 0 Å². The van der Waals surface area contributed by atoms with Gasteiger partial charge < -0.3 is 0 Å². The van der Waals surface area contributed by atoms with Crippen molar-refractivity contribution in [3.05, 3.63) is 39.1 Å². The van der Waals surface area contributed by atoms with Crippen LogP contribution in [0.1, 0.15) is 0 Å². The molecule has 1 heterocycles. The Morgan fingerprint density at radius 2 is 2.00 bits per heavy atom. The van der Waals surface area contributed by atoms with Crippen LogP contribution in [0, 0.1) is 10.1 Å². The molecule has 4 heteroatoms. The van der Waals surface area contributed by atoms with Gasteiger partial charge in [-0.05, 0) is 27.6 Å². The number of nitro benzene ring substituents is 1. The maximum absolute atomic E-state index is 10.4. The van der Waals surface area contributed by atoms with Crippen LogP contribution in [0.25, 0.3) is 10.8 Å². The molecule has 0 saturated heterocycles. The summed E-state index contributed by atoms with van der Waals surface area (Å²) in [5.74, 6) is 0. The fourth-order valence-corrected chi connectivity index (χ4v) is 1.85. The summed E-state index contributed by atoms with van der Waals surface area (Å²) >= 11 is 1.55. The zero-order valence-corrected chi connectivity index (χ0v) is 6.88. The van der Waals surface area contributed by atoms with Crippen LogP contribution in [0.3, 0.4) is 0 Å². The fraction of sp³-hybridized carbons (Fsp3) is 0. The maximum atomic E-state index is 10.4. The van der Waals surface area contributed by atoms with Crippen LogP contribution in [0.15, 0.2) is 29.0 Å². The number of rotatable bonds is 1. The van der Waals surface area contributed by atoms with Crippen LogP contribution in [0.4, 0.5) is 5.69 Å². The van der Waals surface area contributed by atoms with E-state index in [9.17, 15) is 10.1 Å². The highest BCUT2D eigenvalue weighted by Gasteiger charge is 2.05. The molecule has 2 aromatic rings. The van der Waals surface area contributed by atoms with E-state index in [0.29, 0.717) is 0 Å². The van der Waals surface area contributed by atoms with Crippen molar-refractivity contribution in [3.8, 4) is 0 Å². The molecule has 0 radical (unpaired) electrons. The van der Waals surface area contributed by atoms with Crippen LogP contribution in [-0.4, -0.2) is 4.92 Å². The van der Waals surface area contributed by atoms with Crippen molar-refractivity contribution in [2.75, 3.05) is 0 Å².